The number of halogens is 1. The van der Waals surface area contributed by atoms with E-state index in [0.717, 1.165) is 17.0 Å². The molecule has 1 aliphatic rings. The average molecular weight is 397 g/mol. The van der Waals surface area contributed by atoms with E-state index >= 15 is 0 Å². The zero-order chi connectivity index (χ0) is 19.3. The van der Waals surface area contributed by atoms with Gasteiger partial charge in [0.05, 0.1) is 10.7 Å². The van der Waals surface area contributed by atoms with Crippen LogP contribution in [0.4, 0.5) is 0 Å². The van der Waals surface area contributed by atoms with Gasteiger partial charge in [-0.2, -0.15) is 0 Å². The van der Waals surface area contributed by atoms with Crippen molar-refractivity contribution in [2.45, 2.75) is 13.2 Å². The van der Waals surface area contributed by atoms with Crippen molar-refractivity contribution in [3.05, 3.63) is 82.6 Å². The lowest BCUT2D eigenvalue weighted by Crippen LogP contribution is -2.22. The minimum Gasteiger partial charge on any atom is -0.487 e. The SMILES string of the molecule is O=C(NCc1ccc(OCc2ccccn2)cc1)c1cc(Cl)c2c(c1)OCO2. The molecule has 0 radical (unpaired) electrons. The van der Waals surface area contributed by atoms with Crippen LogP contribution in [0.25, 0.3) is 0 Å². The Kier molecular flexibility index (Phi) is 5.30. The van der Waals surface area contributed by atoms with Crippen molar-refractivity contribution in [1.82, 2.24) is 10.3 Å². The van der Waals surface area contributed by atoms with E-state index < -0.39 is 0 Å². The maximum Gasteiger partial charge on any atom is 0.251 e. The lowest BCUT2D eigenvalue weighted by atomic mass is 10.1. The van der Waals surface area contributed by atoms with Crippen LogP contribution in [0.15, 0.2) is 60.8 Å². The Hall–Kier alpha value is -3.25. The molecule has 0 saturated heterocycles. The topological polar surface area (TPSA) is 69.7 Å². The number of nitrogens with zero attached hydrogens (tertiary/aromatic N) is 1. The van der Waals surface area contributed by atoms with Crippen LogP contribution in [0.1, 0.15) is 21.6 Å². The lowest BCUT2D eigenvalue weighted by molar-refractivity contribution is 0.0950. The molecule has 1 amide bonds. The van der Waals surface area contributed by atoms with Crippen LogP contribution < -0.4 is 19.5 Å². The Morgan fingerprint density at radius 2 is 2.00 bits per heavy atom. The number of rotatable bonds is 6. The minimum absolute atomic E-state index is 0.106. The van der Waals surface area contributed by atoms with Gasteiger partial charge in [-0.05, 0) is 42.0 Å². The first-order chi connectivity index (χ1) is 13.7. The Bertz CT molecular complexity index is 978. The summed E-state index contributed by atoms with van der Waals surface area (Å²) < 4.78 is 16.3. The second-order valence-electron chi connectivity index (χ2n) is 6.13. The summed E-state index contributed by atoms with van der Waals surface area (Å²) in [5, 5.41) is 3.22. The summed E-state index contributed by atoms with van der Waals surface area (Å²) in [4.78, 5) is 16.6. The molecule has 3 aromatic rings. The van der Waals surface area contributed by atoms with Crippen LogP contribution in [0, 0.1) is 0 Å². The third-order valence-corrected chi connectivity index (χ3v) is 4.46. The fourth-order valence-electron chi connectivity index (χ4n) is 2.73. The monoisotopic (exact) mass is 396 g/mol. The number of nitrogens with one attached hydrogen (secondary N) is 1. The summed E-state index contributed by atoms with van der Waals surface area (Å²) in [5.41, 5.74) is 2.23. The van der Waals surface area contributed by atoms with Crippen molar-refractivity contribution in [2.75, 3.05) is 6.79 Å². The van der Waals surface area contributed by atoms with E-state index in [1.807, 2.05) is 42.5 Å². The van der Waals surface area contributed by atoms with E-state index in [2.05, 4.69) is 10.3 Å². The first kappa shape index (κ1) is 18.1. The number of hydrogen-bond donors (Lipinski definition) is 1. The average Bonchev–Trinajstić information content (AvgIpc) is 3.21. The van der Waals surface area contributed by atoms with Crippen LogP contribution in [0.5, 0.6) is 17.2 Å². The maximum atomic E-state index is 12.4. The molecular formula is C21H17ClN2O4. The van der Waals surface area contributed by atoms with Gasteiger partial charge in [0, 0.05) is 18.3 Å². The third-order valence-electron chi connectivity index (χ3n) is 4.18. The van der Waals surface area contributed by atoms with Crippen molar-refractivity contribution in [3.63, 3.8) is 0 Å². The second-order valence-corrected chi connectivity index (χ2v) is 6.54. The molecule has 28 heavy (non-hydrogen) atoms. The number of ether oxygens (including phenoxy) is 3. The summed E-state index contributed by atoms with van der Waals surface area (Å²) in [6, 6.07) is 16.4. The van der Waals surface area contributed by atoms with Gasteiger partial charge in [0.15, 0.2) is 11.5 Å². The van der Waals surface area contributed by atoms with E-state index in [0.29, 0.717) is 35.2 Å². The Balaban J connectivity index is 1.32. The van der Waals surface area contributed by atoms with E-state index in [1.54, 1.807) is 18.3 Å². The number of hydrogen-bond acceptors (Lipinski definition) is 5. The molecule has 0 saturated carbocycles. The molecule has 142 valence electrons. The molecule has 1 N–H and O–H groups in total. The molecule has 2 aromatic carbocycles. The van der Waals surface area contributed by atoms with Crippen molar-refractivity contribution < 1.29 is 19.0 Å². The second kappa shape index (κ2) is 8.19. The zero-order valence-electron chi connectivity index (χ0n) is 14.9. The highest BCUT2D eigenvalue weighted by atomic mass is 35.5. The van der Waals surface area contributed by atoms with Crippen LogP contribution >= 0.6 is 11.6 Å². The number of benzene rings is 2. The molecule has 2 heterocycles. The predicted molar refractivity (Wildman–Crippen MR) is 104 cm³/mol. The van der Waals surface area contributed by atoms with Gasteiger partial charge >= 0.3 is 0 Å². The number of amides is 1. The molecule has 1 aliphatic heterocycles. The van der Waals surface area contributed by atoms with Crippen molar-refractivity contribution in [3.8, 4) is 17.2 Å². The fourth-order valence-corrected chi connectivity index (χ4v) is 2.99. The molecule has 0 fully saturated rings. The van der Waals surface area contributed by atoms with E-state index in [4.69, 9.17) is 25.8 Å². The first-order valence-electron chi connectivity index (χ1n) is 8.68. The number of carbonyl (C=O) groups excluding carboxylic acids is 1. The lowest BCUT2D eigenvalue weighted by Gasteiger charge is -2.09. The standard InChI is InChI=1S/C21H17ClN2O4/c22-18-9-15(10-19-20(18)28-13-27-19)21(25)24-11-14-4-6-17(7-5-14)26-12-16-3-1-2-8-23-16/h1-10H,11-13H2,(H,24,25). The first-order valence-corrected chi connectivity index (χ1v) is 9.06. The summed E-state index contributed by atoms with van der Waals surface area (Å²) in [5.74, 6) is 1.45. The van der Waals surface area contributed by atoms with Crippen LogP contribution in [-0.2, 0) is 13.2 Å². The van der Waals surface area contributed by atoms with Gasteiger partial charge in [0.2, 0.25) is 6.79 Å². The van der Waals surface area contributed by atoms with E-state index in [-0.39, 0.29) is 12.7 Å². The molecule has 0 atom stereocenters. The normalized spacial score (nSPS) is 11.9. The Labute approximate surface area is 167 Å². The fraction of sp³-hybridized carbons (Fsp3) is 0.143. The van der Waals surface area contributed by atoms with Crippen molar-refractivity contribution >= 4 is 17.5 Å². The molecule has 4 rings (SSSR count). The highest BCUT2D eigenvalue weighted by Gasteiger charge is 2.20. The van der Waals surface area contributed by atoms with Gasteiger partial charge in [-0.25, -0.2) is 0 Å². The van der Waals surface area contributed by atoms with Crippen molar-refractivity contribution in [1.29, 1.82) is 0 Å². The molecule has 0 bridgehead atoms. The number of pyridine rings is 1. The van der Waals surface area contributed by atoms with Gasteiger partial charge in [0.25, 0.3) is 5.91 Å². The van der Waals surface area contributed by atoms with Crippen LogP contribution in [-0.4, -0.2) is 17.7 Å². The van der Waals surface area contributed by atoms with Crippen molar-refractivity contribution in [2.24, 2.45) is 0 Å². The predicted octanol–water partition coefficient (Wildman–Crippen LogP) is 3.97. The Morgan fingerprint density at radius 1 is 1.14 bits per heavy atom. The van der Waals surface area contributed by atoms with E-state index in [1.165, 1.54) is 0 Å². The Morgan fingerprint density at radius 3 is 2.79 bits per heavy atom. The molecule has 7 heteroatoms. The van der Waals surface area contributed by atoms with E-state index in [9.17, 15) is 4.79 Å². The highest BCUT2D eigenvalue weighted by molar-refractivity contribution is 6.32. The zero-order valence-corrected chi connectivity index (χ0v) is 15.6. The number of aromatic nitrogens is 1. The summed E-state index contributed by atoms with van der Waals surface area (Å²) in [6.45, 7) is 0.891. The maximum absolute atomic E-state index is 12.4. The number of carbonyl (C=O) groups is 1. The van der Waals surface area contributed by atoms with Gasteiger partial charge in [-0.3, -0.25) is 9.78 Å². The summed E-state index contributed by atoms with van der Waals surface area (Å²) in [7, 11) is 0. The van der Waals surface area contributed by atoms with Gasteiger partial charge in [-0.1, -0.05) is 29.8 Å². The molecule has 6 nitrogen and oxygen atoms in total. The highest BCUT2D eigenvalue weighted by Crippen LogP contribution is 2.39. The molecule has 0 aliphatic carbocycles. The van der Waals surface area contributed by atoms with Gasteiger partial charge < -0.3 is 19.5 Å². The number of fused-ring (bicyclic) bond motifs is 1. The smallest absolute Gasteiger partial charge is 0.251 e. The molecule has 1 aromatic heterocycles. The van der Waals surface area contributed by atoms with Crippen LogP contribution in [0.3, 0.4) is 0 Å². The molecular weight excluding hydrogens is 380 g/mol. The largest absolute Gasteiger partial charge is 0.487 e. The quantitative estimate of drug-likeness (QED) is 0.682. The third kappa shape index (κ3) is 4.18. The van der Waals surface area contributed by atoms with Crippen LogP contribution in [0.2, 0.25) is 5.02 Å². The van der Waals surface area contributed by atoms with Gasteiger partial charge in [-0.15, -0.1) is 0 Å². The minimum atomic E-state index is -0.240. The van der Waals surface area contributed by atoms with Gasteiger partial charge in [0.1, 0.15) is 12.4 Å². The summed E-state index contributed by atoms with van der Waals surface area (Å²) >= 11 is 6.12. The molecule has 0 spiro atoms. The summed E-state index contributed by atoms with van der Waals surface area (Å²) in [6.07, 6.45) is 1.73. The molecule has 0 unspecified atom stereocenters.